The molecule has 6 nitrogen and oxygen atoms in total. The highest BCUT2D eigenvalue weighted by atomic mass is 16.2. The van der Waals surface area contributed by atoms with E-state index < -0.39 is 11.2 Å². The average molecular weight is 293 g/mol. The van der Waals surface area contributed by atoms with Crippen molar-refractivity contribution in [1.82, 2.24) is 14.9 Å². The lowest BCUT2D eigenvalue weighted by Gasteiger charge is -2.28. The highest BCUT2D eigenvalue weighted by Crippen LogP contribution is 2.31. The molecule has 116 valence electrons. The van der Waals surface area contributed by atoms with Gasteiger partial charge in [0.05, 0.1) is 0 Å². The van der Waals surface area contributed by atoms with E-state index >= 15 is 0 Å². The minimum atomic E-state index is -0.447. The Labute approximate surface area is 123 Å². The zero-order valence-electron chi connectivity index (χ0n) is 12.4. The van der Waals surface area contributed by atoms with Gasteiger partial charge in [0, 0.05) is 31.8 Å². The normalized spacial score (nSPS) is 22.0. The fraction of sp³-hybridized carbons (Fsp3) is 0.667. The third-order valence-corrected chi connectivity index (χ3v) is 4.31. The second kappa shape index (κ2) is 7.24. The zero-order valence-corrected chi connectivity index (χ0v) is 12.4. The first-order chi connectivity index (χ1) is 10.1. The Morgan fingerprint density at radius 2 is 2.14 bits per heavy atom. The van der Waals surface area contributed by atoms with E-state index in [0.717, 1.165) is 6.42 Å². The zero-order chi connectivity index (χ0) is 15.2. The molecule has 1 aromatic heterocycles. The lowest BCUT2D eigenvalue weighted by Crippen LogP contribution is -2.35. The van der Waals surface area contributed by atoms with E-state index in [2.05, 4.69) is 17.2 Å². The van der Waals surface area contributed by atoms with Crippen LogP contribution in [0.25, 0.3) is 0 Å². The third kappa shape index (κ3) is 4.58. The molecule has 1 aliphatic rings. The molecule has 6 heteroatoms. The fourth-order valence-electron chi connectivity index (χ4n) is 2.94. The Morgan fingerprint density at radius 1 is 1.38 bits per heavy atom. The molecular weight excluding hydrogens is 270 g/mol. The summed E-state index contributed by atoms with van der Waals surface area (Å²) in [6.45, 7) is 2.98. The Kier molecular flexibility index (Phi) is 5.36. The largest absolute Gasteiger partial charge is 0.354 e. The number of aromatic nitrogens is 2. The van der Waals surface area contributed by atoms with Gasteiger partial charge in [-0.3, -0.25) is 19.1 Å². The second-order valence-electron chi connectivity index (χ2n) is 5.88. The number of rotatable bonds is 5. The summed E-state index contributed by atoms with van der Waals surface area (Å²) in [5.74, 6) is 1.15. The van der Waals surface area contributed by atoms with E-state index in [1.165, 1.54) is 36.1 Å². The van der Waals surface area contributed by atoms with Crippen molar-refractivity contribution in [2.24, 2.45) is 11.8 Å². The number of hydrogen-bond donors (Lipinski definition) is 2. The van der Waals surface area contributed by atoms with Gasteiger partial charge in [-0.05, 0) is 18.3 Å². The Morgan fingerprint density at radius 3 is 2.86 bits per heavy atom. The number of carbonyl (C=O) groups is 1. The standard InChI is InChI=1S/C15H23N3O3/c1-11-4-2-3-5-12(11)10-14(20)16-7-9-18-8-6-13(19)17-15(18)21/h6,8,11-12H,2-5,7,9-10H2,1H3,(H,16,20)(H,17,19,21). The summed E-state index contributed by atoms with van der Waals surface area (Å²) in [6.07, 6.45) is 6.85. The SMILES string of the molecule is CC1CCCCC1CC(=O)NCCn1ccc(=O)[nH]c1=O. The van der Waals surface area contributed by atoms with E-state index in [-0.39, 0.29) is 5.91 Å². The van der Waals surface area contributed by atoms with Crippen LogP contribution in [-0.4, -0.2) is 22.0 Å². The van der Waals surface area contributed by atoms with Gasteiger partial charge in [-0.15, -0.1) is 0 Å². The molecule has 0 spiro atoms. The first kappa shape index (κ1) is 15.5. The monoisotopic (exact) mass is 293 g/mol. The van der Waals surface area contributed by atoms with Crippen LogP contribution in [0.2, 0.25) is 0 Å². The molecule has 1 amide bonds. The highest BCUT2D eigenvalue weighted by molar-refractivity contribution is 5.76. The molecule has 0 aromatic carbocycles. The Balaban J connectivity index is 1.76. The Bertz CT molecular complexity index is 590. The molecular formula is C15H23N3O3. The van der Waals surface area contributed by atoms with Gasteiger partial charge in [-0.25, -0.2) is 4.79 Å². The number of H-pyrrole nitrogens is 1. The van der Waals surface area contributed by atoms with Crippen molar-refractivity contribution in [3.63, 3.8) is 0 Å². The van der Waals surface area contributed by atoms with Crippen LogP contribution in [-0.2, 0) is 11.3 Å². The predicted octanol–water partition coefficient (Wildman–Crippen LogP) is 0.869. The van der Waals surface area contributed by atoms with Crippen LogP contribution in [0, 0.1) is 11.8 Å². The van der Waals surface area contributed by atoms with Gasteiger partial charge in [-0.1, -0.05) is 26.2 Å². The molecule has 1 aromatic rings. The van der Waals surface area contributed by atoms with Crippen LogP contribution in [0.3, 0.4) is 0 Å². The Hall–Kier alpha value is -1.85. The molecule has 0 radical (unpaired) electrons. The van der Waals surface area contributed by atoms with Crippen LogP contribution in [0.15, 0.2) is 21.9 Å². The maximum Gasteiger partial charge on any atom is 0.328 e. The van der Waals surface area contributed by atoms with Crippen LogP contribution < -0.4 is 16.6 Å². The van der Waals surface area contributed by atoms with E-state index in [1.54, 1.807) is 0 Å². The van der Waals surface area contributed by atoms with Crippen molar-refractivity contribution in [3.05, 3.63) is 33.1 Å². The van der Waals surface area contributed by atoms with E-state index in [9.17, 15) is 14.4 Å². The lowest BCUT2D eigenvalue weighted by molar-refractivity contribution is -0.122. The predicted molar refractivity (Wildman–Crippen MR) is 80.1 cm³/mol. The van der Waals surface area contributed by atoms with Crippen molar-refractivity contribution >= 4 is 5.91 Å². The molecule has 2 atom stereocenters. The van der Waals surface area contributed by atoms with Crippen LogP contribution in [0.5, 0.6) is 0 Å². The quantitative estimate of drug-likeness (QED) is 0.845. The van der Waals surface area contributed by atoms with Crippen molar-refractivity contribution in [3.8, 4) is 0 Å². The summed E-state index contributed by atoms with van der Waals surface area (Å²) in [4.78, 5) is 36.5. The molecule has 0 saturated heterocycles. The molecule has 21 heavy (non-hydrogen) atoms. The summed E-state index contributed by atoms with van der Waals surface area (Å²) in [5.41, 5.74) is -0.857. The van der Waals surface area contributed by atoms with Gasteiger partial charge in [0.1, 0.15) is 0 Å². The van der Waals surface area contributed by atoms with Gasteiger partial charge >= 0.3 is 5.69 Å². The first-order valence-corrected chi connectivity index (χ1v) is 7.62. The first-order valence-electron chi connectivity index (χ1n) is 7.62. The molecule has 0 aliphatic heterocycles. The van der Waals surface area contributed by atoms with E-state index in [1.807, 2.05) is 0 Å². The smallest absolute Gasteiger partial charge is 0.328 e. The van der Waals surface area contributed by atoms with Crippen LogP contribution in [0.1, 0.15) is 39.0 Å². The van der Waals surface area contributed by atoms with Crippen molar-refractivity contribution in [2.45, 2.75) is 45.6 Å². The van der Waals surface area contributed by atoms with Crippen molar-refractivity contribution in [2.75, 3.05) is 6.54 Å². The minimum absolute atomic E-state index is 0.0474. The molecule has 1 heterocycles. The highest BCUT2D eigenvalue weighted by Gasteiger charge is 2.23. The van der Waals surface area contributed by atoms with Crippen molar-refractivity contribution in [1.29, 1.82) is 0 Å². The van der Waals surface area contributed by atoms with Gasteiger partial charge < -0.3 is 5.32 Å². The summed E-state index contributed by atoms with van der Waals surface area (Å²) < 4.78 is 1.38. The average Bonchev–Trinajstić information content (AvgIpc) is 2.44. The minimum Gasteiger partial charge on any atom is -0.354 e. The number of carbonyl (C=O) groups excluding carboxylic acids is 1. The number of nitrogens with zero attached hydrogens (tertiary/aromatic N) is 1. The topological polar surface area (TPSA) is 84.0 Å². The number of hydrogen-bond acceptors (Lipinski definition) is 3. The summed E-state index contributed by atoms with van der Waals surface area (Å²) >= 11 is 0. The number of nitrogens with one attached hydrogen (secondary N) is 2. The molecule has 2 N–H and O–H groups in total. The molecule has 0 bridgehead atoms. The third-order valence-electron chi connectivity index (χ3n) is 4.31. The molecule has 1 aliphatic carbocycles. The van der Waals surface area contributed by atoms with Crippen molar-refractivity contribution < 1.29 is 4.79 Å². The maximum absolute atomic E-state index is 11.9. The summed E-state index contributed by atoms with van der Waals surface area (Å²) in [7, 11) is 0. The molecule has 1 saturated carbocycles. The van der Waals surface area contributed by atoms with Gasteiger partial charge in [0.15, 0.2) is 0 Å². The molecule has 2 unspecified atom stereocenters. The second-order valence-corrected chi connectivity index (χ2v) is 5.88. The van der Waals surface area contributed by atoms with E-state index in [4.69, 9.17) is 0 Å². The lowest BCUT2D eigenvalue weighted by atomic mass is 9.78. The van der Waals surface area contributed by atoms with Gasteiger partial charge in [-0.2, -0.15) is 0 Å². The summed E-state index contributed by atoms with van der Waals surface area (Å²) in [6, 6.07) is 1.30. The van der Waals surface area contributed by atoms with Gasteiger partial charge in [0.25, 0.3) is 5.56 Å². The summed E-state index contributed by atoms with van der Waals surface area (Å²) in [5, 5.41) is 2.85. The van der Waals surface area contributed by atoms with E-state index in [0.29, 0.717) is 31.3 Å². The van der Waals surface area contributed by atoms with Crippen LogP contribution in [0.4, 0.5) is 0 Å². The van der Waals surface area contributed by atoms with Gasteiger partial charge in [0.2, 0.25) is 5.91 Å². The number of aromatic amines is 1. The van der Waals surface area contributed by atoms with Crippen LogP contribution >= 0.6 is 0 Å². The number of amides is 1. The fourth-order valence-corrected chi connectivity index (χ4v) is 2.94. The molecule has 2 rings (SSSR count). The maximum atomic E-state index is 11.9. The molecule has 1 fully saturated rings.